The van der Waals surface area contributed by atoms with Gasteiger partial charge in [0.15, 0.2) is 5.96 Å². The number of thiazole rings is 1. The zero-order valence-corrected chi connectivity index (χ0v) is 17.2. The molecule has 0 bridgehead atoms. The van der Waals surface area contributed by atoms with E-state index in [1.165, 1.54) is 24.3 Å². The van der Waals surface area contributed by atoms with Gasteiger partial charge in [-0.15, -0.1) is 48.5 Å². The Morgan fingerprint density at radius 2 is 1.96 bits per heavy atom. The van der Waals surface area contributed by atoms with Gasteiger partial charge in [-0.1, -0.05) is 0 Å². The van der Waals surface area contributed by atoms with Crippen molar-refractivity contribution in [2.24, 2.45) is 10.7 Å². The average Bonchev–Trinajstić information content (AvgIpc) is 2.93. The number of rotatable bonds is 7. The number of aryl methyl sites for hydroxylation is 2. The van der Waals surface area contributed by atoms with Crippen molar-refractivity contribution < 1.29 is 17.9 Å². The smallest absolute Gasteiger partial charge is 0.406 e. The monoisotopic (exact) mass is 500 g/mol. The number of halogens is 4. The Bertz CT molecular complexity index is 704. The zero-order valence-electron chi connectivity index (χ0n) is 14.0. The minimum atomic E-state index is -4.70. The third-order valence-corrected chi connectivity index (χ3v) is 4.13. The van der Waals surface area contributed by atoms with Gasteiger partial charge in [0.2, 0.25) is 0 Å². The van der Waals surface area contributed by atoms with Crippen LogP contribution in [0.1, 0.15) is 23.5 Å². The van der Waals surface area contributed by atoms with Crippen LogP contribution in [0.5, 0.6) is 5.75 Å². The maximum Gasteiger partial charge on any atom is 0.573 e. The van der Waals surface area contributed by atoms with Crippen molar-refractivity contribution in [1.29, 1.82) is 0 Å². The van der Waals surface area contributed by atoms with Gasteiger partial charge < -0.3 is 15.8 Å². The van der Waals surface area contributed by atoms with Crippen LogP contribution in [-0.2, 0) is 6.42 Å². The molecule has 3 N–H and O–H groups in total. The van der Waals surface area contributed by atoms with Gasteiger partial charge in [0, 0.05) is 23.3 Å². The Balaban J connectivity index is 0.00000338. The van der Waals surface area contributed by atoms with E-state index in [4.69, 9.17) is 5.73 Å². The molecule has 0 atom stereocenters. The minimum Gasteiger partial charge on any atom is -0.406 e. The number of benzene rings is 1. The van der Waals surface area contributed by atoms with E-state index in [9.17, 15) is 13.2 Å². The maximum atomic E-state index is 12.1. The van der Waals surface area contributed by atoms with E-state index in [2.05, 4.69) is 20.0 Å². The molecule has 2 aromatic rings. The quantitative estimate of drug-likeness (QED) is 0.250. The van der Waals surface area contributed by atoms with Crippen LogP contribution in [0.2, 0.25) is 0 Å². The standard InChI is InChI=1S/C16H19F3N4OS.HI/c1-11-10-25-14(22-11)4-2-3-9-21-15(20)23-12-5-7-13(8-6-12)24-16(17,18)19;/h5-8,10H,2-4,9H2,1H3,(H3,20,21,23);1H. The van der Waals surface area contributed by atoms with Crippen molar-refractivity contribution >= 4 is 47.0 Å². The van der Waals surface area contributed by atoms with Gasteiger partial charge in [-0.05, 0) is 50.5 Å². The molecular formula is C16H20F3IN4OS. The van der Waals surface area contributed by atoms with E-state index in [0.717, 1.165) is 30.0 Å². The molecule has 1 aromatic heterocycles. The molecule has 2 rings (SSSR count). The Morgan fingerprint density at radius 3 is 2.54 bits per heavy atom. The second-order valence-electron chi connectivity index (χ2n) is 5.30. The average molecular weight is 500 g/mol. The molecule has 5 nitrogen and oxygen atoms in total. The molecule has 1 heterocycles. The number of unbranched alkanes of at least 4 members (excludes halogenated alkanes) is 1. The lowest BCUT2D eigenvalue weighted by atomic mass is 10.2. The molecule has 144 valence electrons. The van der Waals surface area contributed by atoms with E-state index in [1.807, 2.05) is 12.3 Å². The number of hydrogen-bond acceptors (Lipinski definition) is 4. The van der Waals surface area contributed by atoms with Crippen molar-refractivity contribution in [3.05, 3.63) is 40.3 Å². The van der Waals surface area contributed by atoms with Gasteiger partial charge in [-0.3, -0.25) is 4.99 Å². The summed E-state index contributed by atoms with van der Waals surface area (Å²) in [6, 6.07) is 5.29. The molecule has 0 aliphatic heterocycles. The van der Waals surface area contributed by atoms with E-state index in [1.54, 1.807) is 11.3 Å². The summed E-state index contributed by atoms with van der Waals surface area (Å²) in [5, 5.41) is 5.97. The fourth-order valence-electron chi connectivity index (χ4n) is 2.03. The van der Waals surface area contributed by atoms with Crippen LogP contribution in [0.25, 0.3) is 0 Å². The summed E-state index contributed by atoms with van der Waals surface area (Å²) in [5.41, 5.74) is 7.34. The summed E-state index contributed by atoms with van der Waals surface area (Å²) >= 11 is 1.66. The van der Waals surface area contributed by atoms with Gasteiger partial charge in [-0.2, -0.15) is 0 Å². The predicted molar refractivity (Wildman–Crippen MR) is 108 cm³/mol. The van der Waals surface area contributed by atoms with E-state index < -0.39 is 6.36 Å². The Morgan fingerprint density at radius 1 is 1.27 bits per heavy atom. The Hall–Kier alpha value is -1.56. The van der Waals surface area contributed by atoms with Crippen LogP contribution in [0.3, 0.4) is 0 Å². The number of aromatic nitrogens is 1. The molecule has 0 saturated carbocycles. The van der Waals surface area contributed by atoms with Crippen LogP contribution in [0.15, 0.2) is 34.6 Å². The normalized spacial score (nSPS) is 11.8. The molecule has 0 aliphatic carbocycles. The minimum absolute atomic E-state index is 0. The van der Waals surface area contributed by atoms with Crippen LogP contribution >= 0.6 is 35.3 Å². The maximum absolute atomic E-state index is 12.1. The van der Waals surface area contributed by atoms with Crippen LogP contribution in [0.4, 0.5) is 18.9 Å². The van der Waals surface area contributed by atoms with Gasteiger partial charge in [0.25, 0.3) is 0 Å². The van der Waals surface area contributed by atoms with Gasteiger partial charge in [-0.25, -0.2) is 4.98 Å². The fourth-order valence-corrected chi connectivity index (χ4v) is 2.85. The molecule has 1 aromatic carbocycles. The third-order valence-electron chi connectivity index (χ3n) is 3.11. The molecule has 0 radical (unpaired) electrons. The number of anilines is 1. The molecular weight excluding hydrogens is 480 g/mol. The fraction of sp³-hybridized carbons (Fsp3) is 0.375. The summed E-state index contributed by atoms with van der Waals surface area (Å²) in [4.78, 5) is 8.59. The molecule has 10 heteroatoms. The van der Waals surface area contributed by atoms with Crippen molar-refractivity contribution in [3.8, 4) is 5.75 Å². The Kier molecular flexibility index (Phi) is 9.13. The van der Waals surface area contributed by atoms with Crippen LogP contribution in [-0.4, -0.2) is 23.9 Å². The number of hydrogen-bond donors (Lipinski definition) is 2. The molecule has 0 saturated heterocycles. The summed E-state index contributed by atoms with van der Waals surface area (Å²) in [7, 11) is 0. The number of ether oxygens (including phenoxy) is 1. The Labute approximate surface area is 170 Å². The molecule has 0 aliphatic rings. The zero-order chi connectivity index (χ0) is 18.3. The third kappa shape index (κ3) is 8.70. The number of guanidine groups is 1. The number of alkyl halides is 3. The first-order valence-electron chi connectivity index (χ1n) is 7.65. The summed E-state index contributed by atoms with van der Waals surface area (Å²) in [6.45, 7) is 2.54. The summed E-state index contributed by atoms with van der Waals surface area (Å²) in [5.74, 6) is -0.0689. The highest BCUT2D eigenvalue weighted by Gasteiger charge is 2.30. The topological polar surface area (TPSA) is 72.5 Å². The lowest BCUT2D eigenvalue weighted by Gasteiger charge is -2.10. The number of aliphatic imine (C=N–C) groups is 1. The van der Waals surface area contributed by atoms with Crippen molar-refractivity contribution in [2.45, 2.75) is 32.5 Å². The molecule has 0 unspecified atom stereocenters. The van der Waals surface area contributed by atoms with Gasteiger partial charge in [0.05, 0.1) is 5.01 Å². The predicted octanol–water partition coefficient (Wildman–Crippen LogP) is 4.72. The molecule has 0 spiro atoms. The second kappa shape index (κ2) is 10.6. The van der Waals surface area contributed by atoms with E-state index in [-0.39, 0.29) is 35.7 Å². The highest BCUT2D eigenvalue weighted by molar-refractivity contribution is 14.0. The van der Waals surface area contributed by atoms with Crippen molar-refractivity contribution in [3.63, 3.8) is 0 Å². The lowest BCUT2D eigenvalue weighted by Crippen LogP contribution is -2.23. The van der Waals surface area contributed by atoms with Crippen LogP contribution in [0, 0.1) is 6.92 Å². The van der Waals surface area contributed by atoms with Gasteiger partial charge >= 0.3 is 6.36 Å². The number of nitrogens with one attached hydrogen (secondary N) is 1. The second-order valence-corrected chi connectivity index (χ2v) is 6.25. The SMILES string of the molecule is Cc1csc(CCCCN=C(N)Nc2ccc(OC(F)(F)F)cc2)n1.I. The highest BCUT2D eigenvalue weighted by Crippen LogP contribution is 2.23. The highest BCUT2D eigenvalue weighted by atomic mass is 127. The largest absolute Gasteiger partial charge is 0.573 e. The van der Waals surface area contributed by atoms with Crippen molar-refractivity contribution in [1.82, 2.24) is 4.98 Å². The van der Waals surface area contributed by atoms with E-state index in [0.29, 0.717) is 12.2 Å². The van der Waals surface area contributed by atoms with Crippen LogP contribution < -0.4 is 15.8 Å². The molecule has 26 heavy (non-hydrogen) atoms. The van der Waals surface area contributed by atoms with Crippen molar-refractivity contribution in [2.75, 3.05) is 11.9 Å². The number of nitrogens with two attached hydrogens (primary N) is 1. The first-order chi connectivity index (χ1) is 11.8. The lowest BCUT2D eigenvalue weighted by molar-refractivity contribution is -0.274. The molecule has 0 amide bonds. The van der Waals surface area contributed by atoms with Gasteiger partial charge in [0.1, 0.15) is 5.75 Å². The summed E-state index contributed by atoms with van der Waals surface area (Å²) in [6.07, 6.45) is -1.94. The molecule has 0 fully saturated rings. The first-order valence-corrected chi connectivity index (χ1v) is 8.53. The number of nitrogens with zero attached hydrogens (tertiary/aromatic N) is 2. The van der Waals surface area contributed by atoms with E-state index >= 15 is 0 Å². The summed E-state index contributed by atoms with van der Waals surface area (Å²) < 4.78 is 40.0. The first kappa shape index (κ1) is 22.5.